The van der Waals surface area contributed by atoms with Gasteiger partial charge in [0.1, 0.15) is 0 Å². The molecule has 0 atom stereocenters. The number of amides is 1. The largest absolute Gasteiger partial charge is 0.478 e. The van der Waals surface area contributed by atoms with Crippen LogP contribution in [0.3, 0.4) is 0 Å². The number of carbonyl (C=O) groups is 2. The van der Waals surface area contributed by atoms with Crippen molar-refractivity contribution in [3.63, 3.8) is 0 Å². The summed E-state index contributed by atoms with van der Waals surface area (Å²) >= 11 is 0. The number of nitrogens with zero attached hydrogens (tertiary/aromatic N) is 2. The van der Waals surface area contributed by atoms with Gasteiger partial charge in [0.2, 0.25) is 5.91 Å². The molecule has 0 spiro atoms. The van der Waals surface area contributed by atoms with Crippen LogP contribution in [0.15, 0.2) is 67.0 Å². The van der Waals surface area contributed by atoms with Gasteiger partial charge in [0.25, 0.3) is 0 Å². The fourth-order valence-electron chi connectivity index (χ4n) is 2.60. The van der Waals surface area contributed by atoms with Crippen LogP contribution in [0, 0.1) is 0 Å². The first-order chi connectivity index (χ1) is 12.1. The fourth-order valence-corrected chi connectivity index (χ4v) is 2.60. The van der Waals surface area contributed by atoms with E-state index in [1.807, 2.05) is 36.5 Å². The Bertz CT molecular complexity index is 888. The van der Waals surface area contributed by atoms with Crippen molar-refractivity contribution < 1.29 is 14.7 Å². The summed E-state index contributed by atoms with van der Waals surface area (Å²) in [5.41, 5.74) is 2.24. The summed E-state index contributed by atoms with van der Waals surface area (Å²) in [7, 11) is 0. The zero-order valence-electron chi connectivity index (χ0n) is 13.4. The molecule has 6 heteroatoms. The second kappa shape index (κ2) is 7.44. The molecule has 3 aromatic rings. The van der Waals surface area contributed by atoms with Gasteiger partial charge in [0.15, 0.2) is 0 Å². The molecule has 0 radical (unpaired) electrons. The summed E-state index contributed by atoms with van der Waals surface area (Å²) < 4.78 is 1.77. The number of hydrogen-bond donors (Lipinski definition) is 2. The van der Waals surface area contributed by atoms with Crippen LogP contribution >= 0.6 is 0 Å². The van der Waals surface area contributed by atoms with E-state index in [9.17, 15) is 14.7 Å². The monoisotopic (exact) mass is 335 g/mol. The molecule has 0 bridgehead atoms. The molecule has 0 aliphatic carbocycles. The quantitative estimate of drug-likeness (QED) is 0.725. The van der Waals surface area contributed by atoms with Gasteiger partial charge in [-0.25, -0.2) is 4.79 Å². The third-order valence-electron chi connectivity index (χ3n) is 3.78. The lowest BCUT2D eigenvalue weighted by Gasteiger charge is -2.12. The summed E-state index contributed by atoms with van der Waals surface area (Å²) in [4.78, 5) is 23.6. The molecule has 2 aromatic carbocycles. The molecule has 1 aromatic heterocycles. The average molecular weight is 335 g/mol. The molecule has 25 heavy (non-hydrogen) atoms. The molecule has 1 heterocycles. The standard InChI is InChI=1S/C19H17N3O3/c23-18(12-14-6-1-3-8-16(14)19(24)25)21-17-9-4-2-7-15(17)13-22-11-5-10-20-22/h1-11H,12-13H2,(H,21,23)(H,24,25). The molecule has 0 aliphatic heterocycles. The molecule has 6 nitrogen and oxygen atoms in total. The van der Waals surface area contributed by atoms with Gasteiger partial charge in [-0.1, -0.05) is 36.4 Å². The Hall–Kier alpha value is -3.41. The van der Waals surface area contributed by atoms with Gasteiger partial charge in [0, 0.05) is 18.1 Å². The Morgan fingerprint density at radius 2 is 1.72 bits per heavy atom. The second-order valence-electron chi connectivity index (χ2n) is 5.55. The lowest BCUT2D eigenvalue weighted by atomic mass is 10.0. The van der Waals surface area contributed by atoms with Crippen molar-refractivity contribution in [2.75, 3.05) is 5.32 Å². The molecule has 0 unspecified atom stereocenters. The van der Waals surface area contributed by atoms with Crippen LogP contribution in [0.2, 0.25) is 0 Å². The van der Waals surface area contributed by atoms with Crippen LogP contribution in [0.1, 0.15) is 21.5 Å². The number of carboxylic acid groups (broad SMARTS) is 1. The third kappa shape index (κ3) is 4.11. The number of para-hydroxylation sites is 1. The predicted octanol–water partition coefficient (Wildman–Crippen LogP) is 2.81. The van der Waals surface area contributed by atoms with Gasteiger partial charge in [-0.3, -0.25) is 9.48 Å². The van der Waals surface area contributed by atoms with Crippen molar-refractivity contribution in [2.24, 2.45) is 0 Å². The van der Waals surface area contributed by atoms with E-state index in [-0.39, 0.29) is 17.9 Å². The molecule has 0 saturated carbocycles. The number of rotatable bonds is 6. The highest BCUT2D eigenvalue weighted by Gasteiger charge is 2.13. The number of aromatic carboxylic acids is 1. The van der Waals surface area contributed by atoms with Crippen LogP contribution in [0.5, 0.6) is 0 Å². The minimum atomic E-state index is -1.04. The highest BCUT2D eigenvalue weighted by atomic mass is 16.4. The van der Waals surface area contributed by atoms with E-state index in [0.717, 1.165) is 5.56 Å². The Balaban J connectivity index is 1.75. The number of nitrogens with one attached hydrogen (secondary N) is 1. The van der Waals surface area contributed by atoms with Crippen LogP contribution < -0.4 is 5.32 Å². The zero-order chi connectivity index (χ0) is 17.6. The number of aromatic nitrogens is 2. The Labute approximate surface area is 144 Å². The zero-order valence-corrected chi connectivity index (χ0v) is 13.4. The van der Waals surface area contributed by atoms with Crippen LogP contribution in [-0.2, 0) is 17.8 Å². The third-order valence-corrected chi connectivity index (χ3v) is 3.78. The van der Waals surface area contributed by atoms with E-state index < -0.39 is 5.97 Å². The van der Waals surface area contributed by atoms with Crippen molar-refractivity contribution in [1.29, 1.82) is 0 Å². The topological polar surface area (TPSA) is 84.2 Å². The Morgan fingerprint density at radius 3 is 2.44 bits per heavy atom. The number of carbonyl (C=O) groups excluding carboxylic acids is 1. The summed E-state index contributed by atoms with van der Waals surface area (Å²) in [6, 6.07) is 15.8. The summed E-state index contributed by atoms with van der Waals surface area (Å²) in [6.07, 6.45) is 3.55. The van der Waals surface area contributed by atoms with E-state index >= 15 is 0 Å². The smallest absolute Gasteiger partial charge is 0.335 e. The van der Waals surface area contributed by atoms with Crippen molar-refractivity contribution in [3.05, 3.63) is 83.7 Å². The van der Waals surface area contributed by atoms with Gasteiger partial charge in [-0.2, -0.15) is 5.10 Å². The van der Waals surface area contributed by atoms with E-state index in [1.54, 1.807) is 29.1 Å². The average Bonchev–Trinajstić information content (AvgIpc) is 3.10. The minimum absolute atomic E-state index is 0.00141. The number of hydrogen-bond acceptors (Lipinski definition) is 3. The normalized spacial score (nSPS) is 10.4. The van der Waals surface area contributed by atoms with Crippen molar-refractivity contribution in [3.8, 4) is 0 Å². The molecule has 0 aliphatic rings. The van der Waals surface area contributed by atoms with Gasteiger partial charge in [-0.05, 0) is 29.3 Å². The lowest BCUT2D eigenvalue weighted by molar-refractivity contribution is -0.115. The van der Waals surface area contributed by atoms with Gasteiger partial charge < -0.3 is 10.4 Å². The number of benzene rings is 2. The fraction of sp³-hybridized carbons (Fsp3) is 0.105. The summed E-state index contributed by atoms with van der Waals surface area (Å²) in [6.45, 7) is 0.537. The van der Waals surface area contributed by atoms with Crippen LogP contribution in [0.4, 0.5) is 5.69 Å². The Kier molecular flexibility index (Phi) is 4.89. The minimum Gasteiger partial charge on any atom is -0.478 e. The van der Waals surface area contributed by atoms with Crippen LogP contribution in [-0.4, -0.2) is 26.8 Å². The highest BCUT2D eigenvalue weighted by Crippen LogP contribution is 2.17. The van der Waals surface area contributed by atoms with E-state index in [0.29, 0.717) is 17.8 Å². The van der Waals surface area contributed by atoms with Gasteiger partial charge in [-0.15, -0.1) is 0 Å². The highest BCUT2D eigenvalue weighted by molar-refractivity contribution is 5.96. The molecular weight excluding hydrogens is 318 g/mol. The second-order valence-corrected chi connectivity index (χ2v) is 5.55. The molecule has 0 saturated heterocycles. The SMILES string of the molecule is O=C(Cc1ccccc1C(=O)O)Nc1ccccc1Cn1cccn1. The molecule has 126 valence electrons. The lowest BCUT2D eigenvalue weighted by Crippen LogP contribution is -2.18. The van der Waals surface area contributed by atoms with Gasteiger partial charge >= 0.3 is 5.97 Å². The van der Waals surface area contributed by atoms with E-state index in [2.05, 4.69) is 10.4 Å². The van der Waals surface area contributed by atoms with Crippen molar-refractivity contribution in [1.82, 2.24) is 9.78 Å². The van der Waals surface area contributed by atoms with Gasteiger partial charge in [0.05, 0.1) is 18.5 Å². The van der Waals surface area contributed by atoms with E-state index in [4.69, 9.17) is 0 Å². The number of anilines is 1. The molecular formula is C19H17N3O3. The maximum atomic E-state index is 12.4. The first-order valence-electron chi connectivity index (χ1n) is 7.80. The number of carboxylic acids is 1. The predicted molar refractivity (Wildman–Crippen MR) is 93.5 cm³/mol. The maximum absolute atomic E-state index is 12.4. The molecule has 3 rings (SSSR count). The molecule has 2 N–H and O–H groups in total. The Morgan fingerprint density at radius 1 is 1.00 bits per heavy atom. The summed E-state index contributed by atoms with van der Waals surface area (Å²) in [5, 5.41) is 16.2. The summed E-state index contributed by atoms with van der Waals surface area (Å²) in [5.74, 6) is -1.30. The molecule has 0 fully saturated rings. The van der Waals surface area contributed by atoms with Crippen LogP contribution in [0.25, 0.3) is 0 Å². The first kappa shape index (κ1) is 16.4. The van der Waals surface area contributed by atoms with Crippen molar-refractivity contribution >= 4 is 17.6 Å². The van der Waals surface area contributed by atoms with Crippen molar-refractivity contribution in [2.45, 2.75) is 13.0 Å². The maximum Gasteiger partial charge on any atom is 0.335 e. The van der Waals surface area contributed by atoms with E-state index in [1.165, 1.54) is 6.07 Å². The molecule has 1 amide bonds. The first-order valence-corrected chi connectivity index (χ1v) is 7.80.